The lowest BCUT2D eigenvalue weighted by Gasteiger charge is -2.60. The van der Waals surface area contributed by atoms with Crippen LogP contribution in [0.4, 0.5) is 4.79 Å². The monoisotopic (exact) mass is 1070 g/mol. The number of allylic oxidation sites excluding steroid dienone is 1. The molecule has 2 aliphatic carbocycles. The van der Waals surface area contributed by atoms with Crippen molar-refractivity contribution in [2.45, 2.75) is 166 Å². The van der Waals surface area contributed by atoms with Crippen molar-refractivity contribution in [1.29, 1.82) is 0 Å². The minimum atomic E-state index is -1.47. The number of nitrogens with zero attached hydrogens (tertiary/aromatic N) is 2. The molecule has 2 heterocycles. The summed E-state index contributed by atoms with van der Waals surface area (Å²) in [6, 6.07) is 38.4. The van der Waals surface area contributed by atoms with Gasteiger partial charge in [0.15, 0.2) is 0 Å². The molecule has 1 unspecified atom stereocenters. The lowest BCUT2D eigenvalue weighted by Crippen LogP contribution is -2.70. The normalized spacial score (nSPS) is 22.8. The van der Waals surface area contributed by atoms with Gasteiger partial charge in [0, 0.05) is 37.5 Å². The number of carbonyl (C=O) groups is 1. The predicted molar refractivity (Wildman–Crippen MR) is 314 cm³/mol. The van der Waals surface area contributed by atoms with Crippen molar-refractivity contribution < 1.29 is 43.5 Å². The van der Waals surface area contributed by atoms with Crippen LogP contribution in [-0.4, -0.2) is 78.1 Å². The van der Waals surface area contributed by atoms with Gasteiger partial charge in [-0.2, -0.15) is 0 Å². The van der Waals surface area contributed by atoms with Crippen molar-refractivity contribution in [2.75, 3.05) is 33.0 Å². The highest BCUT2D eigenvalue weighted by atomic mass is 16.8. The molecule has 5 aromatic carbocycles. The molecule has 1 amide bonds. The Labute approximate surface area is 470 Å². The van der Waals surface area contributed by atoms with E-state index in [0.29, 0.717) is 43.3 Å². The van der Waals surface area contributed by atoms with Gasteiger partial charge in [-0.05, 0) is 120 Å². The number of rotatable bonds is 30. The highest BCUT2D eigenvalue weighted by Gasteiger charge is 2.66. The van der Waals surface area contributed by atoms with E-state index in [-0.39, 0.29) is 50.5 Å². The Hall–Kier alpha value is -5.98. The number of oxime groups is 1. The summed E-state index contributed by atoms with van der Waals surface area (Å²) in [7, 11) is 0. The number of benzene rings is 5. The van der Waals surface area contributed by atoms with Crippen LogP contribution < -0.4 is 9.47 Å². The Morgan fingerprint density at radius 1 is 0.772 bits per heavy atom. The second-order valence-corrected chi connectivity index (χ2v) is 22.2. The minimum Gasteiger partial charge on any atom is -0.459 e. The van der Waals surface area contributed by atoms with E-state index >= 15 is 4.79 Å². The molecule has 4 aliphatic rings. The van der Waals surface area contributed by atoms with Crippen molar-refractivity contribution in [1.82, 2.24) is 4.90 Å². The summed E-state index contributed by atoms with van der Waals surface area (Å²) in [6.45, 7) is 7.87. The summed E-state index contributed by atoms with van der Waals surface area (Å²) < 4.78 is 34.4. The van der Waals surface area contributed by atoms with E-state index in [4.69, 9.17) is 33.7 Å². The molecule has 79 heavy (non-hydrogen) atoms. The van der Waals surface area contributed by atoms with Crippen LogP contribution in [0.15, 0.2) is 145 Å². The summed E-state index contributed by atoms with van der Waals surface area (Å²) in [5, 5.41) is 27.6. The topological polar surface area (TPSA) is 129 Å². The van der Waals surface area contributed by atoms with Gasteiger partial charge in [-0.1, -0.05) is 180 Å². The third kappa shape index (κ3) is 14.5. The van der Waals surface area contributed by atoms with Crippen molar-refractivity contribution >= 4 is 22.6 Å². The quantitative estimate of drug-likeness (QED) is 0.0262. The standard InChI is InChI=1S/C68H86N2O9/c1-3-5-6-7-8-9-10-11-12-23-45-75-67(73)70(49-54-31-25-30-52-28-16-17-32-57(52)54)63-48-61(69-79-64-34-20-24-44-74-64)59-46-53(29-18-21-41-71)58(33-19-22-42-72)65-60-47-56(39-40-62(60)78-68(63,66(59)65)76-43-4-2)77-55-37-35-51(36-38-55)50-26-14-13-15-27-50/h4,13-17,25-28,30-32,35-40,46-47,53,58,63-66,71-72H,2-3,5-12,18-24,29,33-34,41-45,48-49H2,1H3/t53-,58+,63-,64?,65+,66+,68+/m0/s1. The lowest BCUT2D eigenvalue weighted by atomic mass is 9.55. The SMILES string of the molecule is C=CCO[C@@]12Oc3ccc(Oc4ccc(-c5ccccc5)cc4)cc3[C@H]3[C@H](CCCCO)[C@@H](CCCCO)C=C(C(=NOC4CCCCO4)C[C@@H]1N(Cc1cccc4ccccc14)C(=O)OCCCCCCCCCCCC)[C@H]32. The van der Waals surface area contributed by atoms with Gasteiger partial charge >= 0.3 is 6.09 Å². The van der Waals surface area contributed by atoms with E-state index in [1.165, 1.54) is 44.9 Å². The minimum absolute atomic E-state index is 0.0335. The summed E-state index contributed by atoms with van der Waals surface area (Å²) >= 11 is 0. The second kappa shape index (κ2) is 29.5. The molecular formula is C68H86N2O9. The number of hydrogen-bond donors (Lipinski definition) is 2. The Kier molecular flexibility index (Phi) is 21.5. The van der Waals surface area contributed by atoms with Crippen LogP contribution in [0.2, 0.25) is 0 Å². The summed E-state index contributed by atoms with van der Waals surface area (Å²) in [6.07, 6.45) is 22.4. The molecule has 5 aromatic rings. The molecule has 0 aromatic heterocycles. The van der Waals surface area contributed by atoms with E-state index in [0.717, 1.165) is 109 Å². The van der Waals surface area contributed by atoms with Gasteiger partial charge in [-0.25, -0.2) is 4.79 Å². The average Bonchev–Trinajstić information content (AvgIpc) is 3.64. The lowest BCUT2D eigenvalue weighted by molar-refractivity contribution is -0.256. The maximum atomic E-state index is 15.5. The number of unbranched alkanes of at least 4 members (excludes halogenated alkanes) is 11. The molecule has 0 bridgehead atoms. The average molecular weight is 1080 g/mol. The third-order valence-electron chi connectivity index (χ3n) is 16.8. The Bertz CT molecular complexity index is 2750. The van der Waals surface area contributed by atoms with E-state index in [1.807, 2.05) is 59.5 Å². The van der Waals surface area contributed by atoms with Gasteiger partial charge in [0.05, 0.1) is 38.0 Å². The molecule has 1 saturated carbocycles. The van der Waals surface area contributed by atoms with Crippen LogP contribution in [0.25, 0.3) is 21.9 Å². The number of aliphatic hydroxyl groups excluding tert-OH is 2. The van der Waals surface area contributed by atoms with Crippen molar-refractivity contribution in [3.05, 3.63) is 151 Å². The van der Waals surface area contributed by atoms with E-state index in [1.54, 1.807) is 6.08 Å². The summed E-state index contributed by atoms with van der Waals surface area (Å²) in [4.78, 5) is 23.8. The van der Waals surface area contributed by atoms with Crippen molar-refractivity contribution in [2.24, 2.45) is 22.9 Å². The fourth-order valence-corrected chi connectivity index (χ4v) is 12.9. The van der Waals surface area contributed by atoms with Crippen LogP contribution in [0, 0.1) is 17.8 Å². The van der Waals surface area contributed by atoms with Gasteiger partial charge in [-0.3, -0.25) is 4.90 Å². The zero-order valence-corrected chi connectivity index (χ0v) is 46.8. The van der Waals surface area contributed by atoms with Gasteiger partial charge < -0.3 is 38.7 Å². The highest BCUT2D eigenvalue weighted by molar-refractivity contribution is 6.03. The summed E-state index contributed by atoms with van der Waals surface area (Å²) in [5.41, 5.74) is 5.87. The number of amides is 1. The van der Waals surface area contributed by atoms with Gasteiger partial charge in [0.2, 0.25) is 12.1 Å². The maximum Gasteiger partial charge on any atom is 0.410 e. The molecule has 9 rings (SSSR count). The van der Waals surface area contributed by atoms with Gasteiger partial charge in [-0.15, -0.1) is 6.58 Å². The first-order chi connectivity index (χ1) is 38.9. The predicted octanol–water partition coefficient (Wildman–Crippen LogP) is 16.0. The fourth-order valence-electron chi connectivity index (χ4n) is 12.9. The Morgan fingerprint density at radius 2 is 1.48 bits per heavy atom. The molecule has 0 spiro atoms. The number of carbonyl (C=O) groups excluding carboxylic acids is 1. The molecule has 2 N–H and O–H groups in total. The number of hydrogen-bond acceptors (Lipinski definition) is 10. The molecule has 0 radical (unpaired) electrons. The number of aliphatic hydroxyl groups is 2. The highest BCUT2D eigenvalue weighted by Crippen LogP contribution is 2.62. The largest absolute Gasteiger partial charge is 0.459 e. The molecule has 11 heteroatoms. The number of fused-ring (bicyclic) bond motifs is 3. The smallest absolute Gasteiger partial charge is 0.410 e. The zero-order chi connectivity index (χ0) is 54.7. The molecule has 2 aliphatic heterocycles. The van der Waals surface area contributed by atoms with Crippen molar-refractivity contribution in [3.8, 4) is 28.4 Å². The Balaban J connectivity index is 1.15. The number of ether oxygens (including phenoxy) is 5. The van der Waals surface area contributed by atoms with Crippen LogP contribution in [0.3, 0.4) is 0 Å². The van der Waals surface area contributed by atoms with E-state index in [2.05, 4.69) is 80.2 Å². The van der Waals surface area contributed by atoms with Crippen LogP contribution in [0.1, 0.15) is 152 Å². The third-order valence-corrected chi connectivity index (χ3v) is 16.8. The van der Waals surface area contributed by atoms with Crippen LogP contribution in [-0.2, 0) is 25.6 Å². The first-order valence-corrected chi connectivity index (χ1v) is 30.0. The van der Waals surface area contributed by atoms with Crippen LogP contribution in [0.5, 0.6) is 17.2 Å². The molecule has 2 fully saturated rings. The van der Waals surface area contributed by atoms with E-state index in [9.17, 15) is 10.2 Å². The maximum absolute atomic E-state index is 15.5. The molecule has 1 saturated heterocycles. The van der Waals surface area contributed by atoms with Crippen molar-refractivity contribution in [3.63, 3.8) is 0 Å². The first kappa shape index (κ1) is 57.7. The zero-order valence-electron chi connectivity index (χ0n) is 46.8. The van der Waals surface area contributed by atoms with Gasteiger partial charge in [0.25, 0.3) is 0 Å². The summed E-state index contributed by atoms with van der Waals surface area (Å²) in [5.74, 6) is -0.0939. The van der Waals surface area contributed by atoms with Gasteiger partial charge in [0.1, 0.15) is 23.3 Å². The van der Waals surface area contributed by atoms with Crippen LogP contribution >= 0.6 is 0 Å². The van der Waals surface area contributed by atoms with E-state index < -0.39 is 30.1 Å². The fraction of sp³-hybridized carbons (Fsp3) is 0.500. The second-order valence-electron chi connectivity index (χ2n) is 22.2. The molecule has 7 atom stereocenters. The molecule has 422 valence electrons. The molecule has 11 nitrogen and oxygen atoms in total. The molecular weight excluding hydrogens is 989 g/mol. The first-order valence-electron chi connectivity index (χ1n) is 30.0. The Morgan fingerprint density at radius 3 is 2.23 bits per heavy atom.